The van der Waals surface area contributed by atoms with E-state index in [0.29, 0.717) is 31.9 Å². The van der Waals surface area contributed by atoms with Gasteiger partial charge in [0.2, 0.25) is 17.7 Å². The van der Waals surface area contributed by atoms with Crippen LogP contribution < -0.4 is 15.4 Å². The van der Waals surface area contributed by atoms with Crippen LogP contribution in [-0.4, -0.2) is 79.8 Å². The first kappa shape index (κ1) is 42.1. The van der Waals surface area contributed by atoms with E-state index in [4.69, 9.17) is 19.4 Å². The van der Waals surface area contributed by atoms with Gasteiger partial charge in [-0.15, -0.1) is 5.73 Å². The third-order valence-electron chi connectivity index (χ3n) is 12.5. The summed E-state index contributed by atoms with van der Waals surface area (Å²) in [6.07, 6.45) is 6.81. The predicted molar refractivity (Wildman–Crippen MR) is 243 cm³/mol. The van der Waals surface area contributed by atoms with E-state index in [1.165, 1.54) is 7.11 Å². The van der Waals surface area contributed by atoms with Crippen molar-refractivity contribution in [1.82, 2.24) is 40.4 Å². The van der Waals surface area contributed by atoms with Crippen LogP contribution in [0.2, 0.25) is 0 Å². The fourth-order valence-corrected chi connectivity index (χ4v) is 8.93. The van der Waals surface area contributed by atoms with Crippen molar-refractivity contribution in [3.8, 4) is 28.1 Å². The Morgan fingerprint density at radius 3 is 2.61 bits per heavy atom. The minimum atomic E-state index is -0.780. The summed E-state index contributed by atoms with van der Waals surface area (Å²) in [5.41, 5.74) is 10.0. The van der Waals surface area contributed by atoms with Gasteiger partial charge in [0.25, 0.3) is 0 Å². The van der Waals surface area contributed by atoms with Crippen molar-refractivity contribution in [3.63, 3.8) is 0 Å². The summed E-state index contributed by atoms with van der Waals surface area (Å²) in [5.74, 6) is 1.48. The zero-order chi connectivity index (χ0) is 44.5. The highest BCUT2D eigenvalue weighted by Gasteiger charge is 2.39. The van der Waals surface area contributed by atoms with E-state index < -0.39 is 18.2 Å². The molecule has 4 heterocycles. The van der Waals surface area contributed by atoms with Gasteiger partial charge in [0, 0.05) is 30.0 Å². The van der Waals surface area contributed by atoms with E-state index in [1.54, 1.807) is 11.0 Å². The molecule has 14 nitrogen and oxygen atoms in total. The van der Waals surface area contributed by atoms with Crippen molar-refractivity contribution in [1.29, 1.82) is 0 Å². The summed E-state index contributed by atoms with van der Waals surface area (Å²) in [5, 5.41) is 7.69. The SMILES string of the molecule is C=C=CCCN(Cc1nc2ccc3cc4c(cc3c2[nH]1)OCc1cc(-c2cnc([C@@H]3CCCN3C(=O)[C@H](NC(=O)C3CC3)c3ccccc3)[nH]2)ccc1-4)C(=O)[C@@H](NC(=O)OC)C(C)C. The third kappa shape index (κ3) is 8.48. The number of aromatic amines is 2. The lowest BCUT2D eigenvalue weighted by molar-refractivity contribution is -0.138. The van der Waals surface area contributed by atoms with Crippen LogP contribution in [0.25, 0.3) is 44.2 Å². The van der Waals surface area contributed by atoms with Gasteiger partial charge in [-0.2, -0.15) is 0 Å². The minimum absolute atomic E-state index is 0.0131. The quantitative estimate of drug-likeness (QED) is 0.0797. The molecule has 4 N–H and O–H groups in total. The standard InChI is InChI=1S/C50H52N8O6/c1-5-6-10-21-57(48(60)43(29(2)3)56-50(62)63-4)27-42-52-38-20-18-32-24-37-35-19-17-33(23-34(35)28-64-41(37)25-36(32)45(38)54-42)39-26-51-46(53-39)40-14-11-22-58(40)49(61)44(30-12-8-7-9-13-30)55-47(59)31-15-16-31/h6-9,12-13,17-20,23-26,29,31,40,43-44H,1,10-11,14-16,21-22,27-28H2,2-4H3,(H,51,53)(H,52,54)(H,55,59)(H,56,62)/t40-,43-,44+/m0/s1. The largest absolute Gasteiger partial charge is 0.488 e. The average molecular weight is 861 g/mol. The van der Waals surface area contributed by atoms with E-state index in [2.05, 4.69) is 57.2 Å². The van der Waals surface area contributed by atoms with Crippen LogP contribution >= 0.6 is 0 Å². The molecule has 0 unspecified atom stereocenters. The number of hydrogen-bond acceptors (Lipinski definition) is 8. The number of imidazole rings is 2. The van der Waals surface area contributed by atoms with Crippen molar-refractivity contribution >= 4 is 45.6 Å². The molecule has 64 heavy (non-hydrogen) atoms. The zero-order valence-electron chi connectivity index (χ0n) is 36.3. The Morgan fingerprint density at radius 1 is 1.02 bits per heavy atom. The van der Waals surface area contributed by atoms with Crippen LogP contribution in [0.15, 0.2) is 97.4 Å². The number of nitrogens with zero attached hydrogens (tertiary/aromatic N) is 4. The molecular weight excluding hydrogens is 809 g/mol. The Balaban J connectivity index is 0.943. The van der Waals surface area contributed by atoms with E-state index in [0.717, 1.165) is 92.6 Å². The Labute approximate surface area is 371 Å². The number of fused-ring (bicyclic) bond motifs is 6. The second-order valence-corrected chi connectivity index (χ2v) is 17.2. The van der Waals surface area contributed by atoms with E-state index in [9.17, 15) is 19.2 Å². The van der Waals surface area contributed by atoms with Gasteiger partial charge in [-0.25, -0.2) is 14.8 Å². The van der Waals surface area contributed by atoms with Gasteiger partial charge >= 0.3 is 6.09 Å². The van der Waals surface area contributed by atoms with Crippen molar-refractivity contribution in [2.45, 2.75) is 77.2 Å². The Hall–Kier alpha value is -7.18. The first-order valence-corrected chi connectivity index (χ1v) is 22.0. The predicted octanol–water partition coefficient (Wildman–Crippen LogP) is 8.04. The van der Waals surface area contributed by atoms with Crippen molar-refractivity contribution in [3.05, 3.63) is 120 Å². The van der Waals surface area contributed by atoms with Gasteiger partial charge in [0.15, 0.2) is 0 Å². The molecule has 0 radical (unpaired) electrons. The number of benzene rings is 4. The van der Waals surface area contributed by atoms with Crippen LogP contribution in [0.4, 0.5) is 4.79 Å². The first-order chi connectivity index (χ1) is 31.1. The number of nitrogens with one attached hydrogen (secondary N) is 4. The van der Waals surface area contributed by atoms with Gasteiger partial charge < -0.3 is 39.9 Å². The monoisotopic (exact) mass is 860 g/mol. The molecule has 9 rings (SSSR count). The second-order valence-electron chi connectivity index (χ2n) is 17.2. The molecule has 2 aliphatic heterocycles. The fourth-order valence-electron chi connectivity index (χ4n) is 8.93. The maximum absolute atomic E-state index is 14.2. The minimum Gasteiger partial charge on any atom is -0.488 e. The number of rotatable bonds is 14. The van der Waals surface area contributed by atoms with Gasteiger partial charge in [-0.3, -0.25) is 14.4 Å². The molecule has 0 bridgehead atoms. The maximum atomic E-state index is 14.2. The number of carbonyl (C=O) groups is 4. The number of H-pyrrole nitrogens is 2. The van der Waals surface area contributed by atoms with Crippen LogP contribution in [0, 0.1) is 11.8 Å². The highest BCUT2D eigenvalue weighted by molar-refractivity contribution is 6.07. The highest BCUT2D eigenvalue weighted by atomic mass is 16.5. The highest BCUT2D eigenvalue weighted by Crippen LogP contribution is 2.43. The second kappa shape index (κ2) is 17.9. The zero-order valence-corrected chi connectivity index (χ0v) is 36.3. The lowest BCUT2D eigenvalue weighted by Crippen LogP contribution is -2.51. The number of amides is 4. The lowest BCUT2D eigenvalue weighted by Gasteiger charge is -2.28. The van der Waals surface area contributed by atoms with E-state index >= 15 is 0 Å². The molecule has 3 aliphatic rings. The number of alkyl carbamates (subject to hydrolysis) is 1. The summed E-state index contributed by atoms with van der Waals surface area (Å²) < 4.78 is 11.2. The molecule has 1 aliphatic carbocycles. The molecule has 3 atom stereocenters. The summed E-state index contributed by atoms with van der Waals surface area (Å²) in [6.45, 7) is 8.95. The Morgan fingerprint density at radius 2 is 1.84 bits per heavy atom. The maximum Gasteiger partial charge on any atom is 0.407 e. The van der Waals surface area contributed by atoms with Crippen LogP contribution in [-0.2, 0) is 32.3 Å². The molecule has 2 aromatic heterocycles. The molecule has 328 valence electrons. The van der Waals surface area contributed by atoms with Gasteiger partial charge in [-0.1, -0.05) is 69.0 Å². The number of hydrogen-bond donors (Lipinski definition) is 4. The summed E-state index contributed by atoms with van der Waals surface area (Å²) in [7, 11) is 1.27. The molecule has 0 spiro atoms. The molecule has 2 fully saturated rings. The summed E-state index contributed by atoms with van der Waals surface area (Å²) in [4.78, 5) is 73.3. The van der Waals surface area contributed by atoms with Crippen LogP contribution in [0.5, 0.6) is 5.75 Å². The molecular formula is C50H52N8O6. The van der Waals surface area contributed by atoms with Crippen LogP contribution in [0.3, 0.4) is 0 Å². The molecule has 4 amide bonds. The summed E-state index contributed by atoms with van der Waals surface area (Å²) >= 11 is 0. The number of aromatic nitrogens is 4. The number of likely N-dealkylation sites (tertiary alicyclic amines) is 1. The van der Waals surface area contributed by atoms with Crippen molar-refractivity contribution in [2.24, 2.45) is 11.8 Å². The smallest absolute Gasteiger partial charge is 0.407 e. The number of ether oxygens (including phenoxy) is 2. The third-order valence-corrected chi connectivity index (χ3v) is 12.5. The summed E-state index contributed by atoms with van der Waals surface area (Å²) in [6, 6.07) is 22.3. The Bertz CT molecular complexity index is 2800. The average Bonchev–Trinajstić information content (AvgIpc) is 3.63. The molecule has 6 aromatic rings. The van der Waals surface area contributed by atoms with Crippen molar-refractivity contribution < 1.29 is 28.7 Å². The number of methoxy groups -OCH3 is 1. The normalized spacial score (nSPS) is 16.3. The fraction of sp³-hybridized carbons (Fsp3) is 0.340. The van der Waals surface area contributed by atoms with Gasteiger partial charge in [-0.05, 0) is 96.0 Å². The number of carbonyl (C=O) groups excluding carboxylic acids is 4. The molecule has 1 saturated carbocycles. The lowest BCUT2D eigenvalue weighted by atomic mass is 9.92. The van der Waals surface area contributed by atoms with Crippen molar-refractivity contribution in [2.75, 3.05) is 20.2 Å². The Kier molecular flexibility index (Phi) is 11.8. The molecule has 14 heteroatoms. The topological polar surface area (TPSA) is 175 Å². The molecule has 1 saturated heterocycles. The van der Waals surface area contributed by atoms with E-state index in [1.807, 2.05) is 73.5 Å². The van der Waals surface area contributed by atoms with Gasteiger partial charge in [0.1, 0.15) is 36.1 Å². The molecule has 4 aromatic carbocycles. The van der Waals surface area contributed by atoms with Gasteiger partial charge in [0.05, 0.1) is 42.6 Å². The first-order valence-electron chi connectivity index (χ1n) is 22.0. The van der Waals surface area contributed by atoms with E-state index in [-0.39, 0.29) is 42.1 Å². The van der Waals surface area contributed by atoms with Crippen LogP contribution in [0.1, 0.15) is 80.8 Å².